The Balaban J connectivity index is 1.71. The first kappa shape index (κ1) is 17.7. The molecule has 4 aliphatic carbocycles. The highest BCUT2D eigenvalue weighted by Gasteiger charge is 2.66. The van der Waals surface area contributed by atoms with Gasteiger partial charge in [-0.1, -0.05) is 20.8 Å². The fourth-order valence-corrected chi connectivity index (χ4v) is 8.13. The molecular formula is C22H34O3. The summed E-state index contributed by atoms with van der Waals surface area (Å²) >= 11 is 0. The summed E-state index contributed by atoms with van der Waals surface area (Å²) in [6, 6.07) is 0. The van der Waals surface area contributed by atoms with Crippen LogP contribution in [0, 0.1) is 40.4 Å². The molecular weight excluding hydrogens is 312 g/mol. The Kier molecular flexibility index (Phi) is 3.83. The van der Waals surface area contributed by atoms with Crippen LogP contribution in [0.2, 0.25) is 0 Å². The number of hydrogen-bond donors (Lipinski definition) is 1. The van der Waals surface area contributed by atoms with E-state index in [1.54, 1.807) is 6.92 Å². The van der Waals surface area contributed by atoms with Crippen molar-refractivity contribution in [2.24, 2.45) is 40.4 Å². The highest BCUT2D eigenvalue weighted by molar-refractivity contribution is 5.81. The molecule has 3 heteroatoms. The molecule has 4 saturated carbocycles. The molecule has 0 aromatic carbocycles. The highest BCUT2D eigenvalue weighted by Crippen LogP contribution is 2.69. The third-order valence-electron chi connectivity index (χ3n) is 9.57. The second-order valence-electron chi connectivity index (χ2n) is 10.4. The number of fused-ring (bicyclic) bond motifs is 5. The zero-order chi connectivity index (χ0) is 18.2. The molecule has 0 saturated heterocycles. The molecule has 0 radical (unpaired) electrons. The van der Waals surface area contributed by atoms with Gasteiger partial charge >= 0.3 is 0 Å². The molecule has 4 rings (SSSR count). The van der Waals surface area contributed by atoms with Crippen molar-refractivity contribution in [3.8, 4) is 0 Å². The van der Waals surface area contributed by atoms with E-state index in [2.05, 4.69) is 20.8 Å². The van der Waals surface area contributed by atoms with E-state index in [4.69, 9.17) is 0 Å². The molecule has 4 aliphatic rings. The van der Waals surface area contributed by atoms with Gasteiger partial charge < -0.3 is 5.11 Å². The van der Waals surface area contributed by atoms with Crippen LogP contribution in [0.5, 0.6) is 0 Å². The summed E-state index contributed by atoms with van der Waals surface area (Å²) in [5.41, 5.74) is -0.808. The summed E-state index contributed by atoms with van der Waals surface area (Å²) in [6.45, 7) is 8.58. The van der Waals surface area contributed by atoms with Crippen molar-refractivity contribution in [2.75, 3.05) is 0 Å². The number of Topliss-reactive ketones (excluding diaryl/α,β-unsaturated/α-hetero) is 2. The van der Waals surface area contributed by atoms with E-state index in [0.717, 1.165) is 32.1 Å². The molecule has 0 aliphatic heterocycles. The summed E-state index contributed by atoms with van der Waals surface area (Å²) in [4.78, 5) is 24.4. The third-order valence-corrected chi connectivity index (χ3v) is 9.57. The maximum Gasteiger partial charge on any atom is 0.135 e. The first-order valence-corrected chi connectivity index (χ1v) is 10.4. The van der Waals surface area contributed by atoms with Gasteiger partial charge in [-0.15, -0.1) is 0 Å². The predicted octanol–water partition coefficient (Wildman–Crippen LogP) is 4.16. The second-order valence-corrected chi connectivity index (χ2v) is 10.4. The monoisotopic (exact) mass is 346 g/mol. The van der Waals surface area contributed by atoms with Crippen LogP contribution in [0.15, 0.2) is 0 Å². The molecule has 1 N–H and O–H groups in total. The first-order valence-electron chi connectivity index (χ1n) is 10.4. The lowest BCUT2D eigenvalue weighted by molar-refractivity contribution is -0.226. The van der Waals surface area contributed by atoms with Crippen LogP contribution < -0.4 is 0 Å². The van der Waals surface area contributed by atoms with Crippen molar-refractivity contribution < 1.29 is 14.7 Å². The molecule has 8 atom stereocenters. The fraction of sp³-hybridized carbons (Fsp3) is 0.909. The molecule has 0 amide bonds. The average Bonchev–Trinajstić information content (AvgIpc) is 2.88. The van der Waals surface area contributed by atoms with Crippen molar-refractivity contribution >= 4 is 11.6 Å². The van der Waals surface area contributed by atoms with Crippen LogP contribution in [0.25, 0.3) is 0 Å². The molecule has 0 unspecified atom stereocenters. The quantitative estimate of drug-likeness (QED) is 0.775. The Hall–Kier alpha value is -0.700. The topological polar surface area (TPSA) is 54.4 Å². The van der Waals surface area contributed by atoms with E-state index in [9.17, 15) is 14.7 Å². The van der Waals surface area contributed by atoms with Crippen LogP contribution in [-0.2, 0) is 9.59 Å². The Morgan fingerprint density at radius 2 is 1.84 bits per heavy atom. The van der Waals surface area contributed by atoms with Gasteiger partial charge in [-0.2, -0.15) is 0 Å². The van der Waals surface area contributed by atoms with Gasteiger partial charge in [-0.3, -0.25) is 9.59 Å². The average molecular weight is 347 g/mol. The normalized spacial score (nSPS) is 55.2. The van der Waals surface area contributed by atoms with E-state index < -0.39 is 5.60 Å². The molecule has 25 heavy (non-hydrogen) atoms. The minimum Gasteiger partial charge on any atom is -0.389 e. The summed E-state index contributed by atoms with van der Waals surface area (Å²) in [5.74, 6) is 2.74. The van der Waals surface area contributed by atoms with E-state index in [-0.39, 0.29) is 28.4 Å². The Labute approximate surface area is 151 Å². The molecule has 0 heterocycles. The van der Waals surface area contributed by atoms with Crippen LogP contribution in [0.4, 0.5) is 0 Å². The molecule has 0 spiro atoms. The van der Waals surface area contributed by atoms with Gasteiger partial charge in [0.2, 0.25) is 0 Å². The molecule has 0 bridgehead atoms. The minimum absolute atomic E-state index is 0.140. The second kappa shape index (κ2) is 5.41. The maximum absolute atomic E-state index is 12.2. The van der Waals surface area contributed by atoms with Gasteiger partial charge in [-0.25, -0.2) is 0 Å². The van der Waals surface area contributed by atoms with Gasteiger partial charge in [0.15, 0.2) is 0 Å². The van der Waals surface area contributed by atoms with E-state index in [1.807, 2.05) is 0 Å². The molecule has 3 nitrogen and oxygen atoms in total. The molecule has 4 fully saturated rings. The number of carbonyl (C=O) groups is 2. The lowest BCUT2D eigenvalue weighted by Gasteiger charge is -2.65. The van der Waals surface area contributed by atoms with Gasteiger partial charge in [0.1, 0.15) is 11.6 Å². The number of carbonyl (C=O) groups excluding carboxylic acids is 2. The SMILES string of the molecule is CC(=O)[C@H]1CC[C@H]2[C@@H]3C[C@H](C)[C@]4(O)CC(=O)CC[C@]4(C)[C@H]3CC[C@]12C. The van der Waals surface area contributed by atoms with E-state index in [1.165, 1.54) is 6.42 Å². The maximum atomic E-state index is 12.2. The minimum atomic E-state index is -0.824. The Bertz CT molecular complexity index is 612. The molecule has 140 valence electrons. The smallest absolute Gasteiger partial charge is 0.135 e. The highest BCUT2D eigenvalue weighted by atomic mass is 16.3. The van der Waals surface area contributed by atoms with Crippen LogP contribution >= 0.6 is 0 Å². The fourth-order valence-electron chi connectivity index (χ4n) is 8.13. The lowest BCUT2D eigenvalue weighted by Crippen LogP contribution is -2.65. The summed E-state index contributed by atoms with van der Waals surface area (Å²) < 4.78 is 0. The summed E-state index contributed by atoms with van der Waals surface area (Å²) in [5, 5.41) is 11.6. The third kappa shape index (κ3) is 2.14. The van der Waals surface area contributed by atoms with E-state index in [0.29, 0.717) is 36.4 Å². The van der Waals surface area contributed by atoms with Crippen molar-refractivity contribution in [3.63, 3.8) is 0 Å². The lowest BCUT2D eigenvalue weighted by atomic mass is 9.41. The first-order chi connectivity index (χ1) is 11.6. The van der Waals surface area contributed by atoms with E-state index >= 15 is 0 Å². The van der Waals surface area contributed by atoms with Crippen LogP contribution in [-0.4, -0.2) is 22.3 Å². The number of ketones is 2. The van der Waals surface area contributed by atoms with Gasteiger partial charge in [0, 0.05) is 24.2 Å². The largest absolute Gasteiger partial charge is 0.389 e. The number of rotatable bonds is 1. The Morgan fingerprint density at radius 3 is 2.52 bits per heavy atom. The van der Waals surface area contributed by atoms with Crippen molar-refractivity contribution in [1.29, 1.82) is 0 Å². The molecule has 0 aromatic heterocycles. The number of hydrogen-bond acceptors (Lipinski definition) is 3. The summed E-state index contributed by atoms with van der Waals surface area (Å²) in [7, 11) is 0. The van der Waals surface area contributed by atoms with Crippen LogP contribution in [0.1, 0.15) is 79.1 Å². The number of aliphatic hydroxyl groups is 1. The standard InChI is InChI=1S/C22H34O3/c1-13-11-16-18-6-5-17(14(2)23)20(18,3)9-8-19(16)21(4)10-7-15(24)12-22(13,21)25/h13,16-19,25H,5-12H2,1-4H3/t13-,16-,17+,18-,19-,20+,21+,22+/m0/s1. The van der Waals surface area contributed by atoms with Crippen LogP contribution in [0.3, 0.4) is 0 Å². The van der Waals surface area contributed by atoms with Gasteiger partial charge in [0.05, 0.1) is 5.60 Å². The Morgan fingerprint density at radius 1 is 1.12 bits per heavy atom. The predicted molar refractivity (Wildman–Crippen MR) is 96.9 cm³/mol. The van der Waals surface area contributed by atoms with Gasteiger partial charge in [-0.05, 0) is 74.5 Å². The van der Waals surface area contributed by atoms with Crippen molar-refractivity contribution in [2.45, 2.75) is 84.7 Å². The van der Waals surface area contributed by atoms with Gasteiger partial charge in [0.25, 0.3) is 0 Å². The van der Waals surface area contributed by atoms with Crippen molar-refractivity contribution in [1.82, 2.24) is 0 Å². The summed E-state index contributed by atoms with van der Waals surface area (Å²) in [6.07, 6.45) is 7.29. The zero-order valence-electron chi connectivity index (χ0n) is 16.3. The molecule has 0 aromatic rings. The van der Waals surface area contributed by atoms with Crippen molar-refractivity contribution in [3.05, 3.63) is 0 Å². The zero-order valence-corrected chi connectivity index (χ0v) is 16.3.